The standard InChI is InChI=1S/C34H27N3O3/c1-22(24-9-11-27(12-10-24)34(39)40)36-33(38)31-19-30(25-5-3-2-4-6-25)21-37-16-14-28(32(31)37)17-23-7-8-26-13-15-35-20-29(26)18-23/h2-16,18-22H,17H2,1H3,(H,36,38)(H,39,40)/t22-/m0/s1. The number of carboxylic acid groups (broad SMARTS) is 1. The van der Waals surface area contributed by atoms with Gasteiger partial charge in [-0.3, -0.25) is 9.78 Å². The minimum Gasteiger partial charge on any atom is -0.478 e. The zero-order valence-corrected chi connectivity index (χ0v) is 21.9. The summed E-state index contributed by atoms with van der Waals surface area (Å²) in [5.41, 5.74) is 6.62. The maximum Gasteiger partial charge on any atom is 0.335 e. The highest BCUT2D eigenvalue weighted by Gasteiger charge is 2.19. The van der Waals surface area contributed by atoms with Gasteiger partial charge in [-0.15, -0.1) is 0 Å². The molecule has 6 aromatic rings. The largest absolute Gasteiger partial charge is 0.478 e. The van der Waals surface area contributed by atoms with E-state index in [2.05, 4.69) is 40.8 Å². The van der Waals surface area contributed by atoms with Crippen molar-refractivity contribution in [1.82, 2.24) is 14.7 Å². The molecule has 0 saturated heterocycles. The highest BCUT2D eigenvalue weighted by atomic mass is 16.4. The Morgan fingerprint density at radius 1 is 0.900 bits per heavy atom. The topological polar surface area (TPSA) is 83.7 Å². The van der Waals surface area contributed by atoms with Gasteiger partial charge in [-0.1, -0.05) is 54.6 Å². The molecule has 0 saturated carbocycles. The summed E-state index contributed by atoms with van der Waals surface area (Å²) in [5, 5.41) is 14.6. The lowest BCUT2D eigenvalue weighted by molar-refractivity contribution is 0.0696. The summed E-state index contributed by atoms with van der Waals surface area (Å²) < 4.78 is 2.03. The molecule has 3 aromatic heterocycles. The summed E-state index contributed by atoms with van der Waals surface area (Å²) in [6.07, 6.45) is 8.39. The first-order valence-electron chi connectivity index (χ1n) is 13.1. The SMILES string of the molecule is C[C@H](NC(=O)c1cc(-c2ccccc2)cn2ccc(Cc3ccc4ccncc4c3)c12)c1ccc(C(=O)O)cc1. The molecule has 0 fully saturated rings. The van der Waals surface area contributed by atoms with Crippen molar-refractivity contribution in [2.75, 3.05) is 0 Å². The third-order valence-electron chi connectivity index (χ3n) is 7.29. The maximum absolute atomic E-state index is 13.9. The minimum absolute atomic E-state index is 0.194. The second kappa shape index (κ2) is 10.5. The molecular weight excluding hydrogens is 498 g/mol. The maximum atomic E-state index is 13.9. The van der Waals surface area contributed by atoms with E-state index >= 15 is 0 Å². The number of aromatic carboxylic acids is 1. The van der Waals surface area contributed by atoms with E-state index in [9.17, 15) is 14.7 Å². The van der Waals surface area contributed by atoms with Gasteiger partial charge in [0.1, 0.15) is 0 Å². The molecule has 6 nitrogen and oxygen atoms in total. The number of nitrogens with zero attached hydrogens (tertiary/aromatic N) is 2. The van der Waals surface area contributed by atoms with Crippen LogP contribution in [0.2, 0.25) is 0 Å². The number of amides is 1. The zero-order valence-electron chi connectivity index (χ0n) is 21.9. The van der Waals surface area contributed by atoms with Crippen molar-refractivity contribution in [3.63, 3.8) is 0 Å². The molecule has 0 unspecified atom stereocenters. The van der Waals surface area contributed by atoms with Crippen molar-refractivity contribution in [2.24, 2.45) is 0 Å². The van der Waals surface area contributed by atoms with E-state index in [0.717, 1.165) is 44.1 Å². The van der Waals surface area contributed by atoms with E-state index < -0.39 is 5.97 Å². The Morgan fingerprint density at radius 3 is 2.48 bits per heavy atom. The number of hydrogen-bond acceptors (Lipinski definition) is 3. The lowest BCUT2D eigenvalue weighted by Crippen LogP contribution is -2.27. The predicted octanol–water partition coefficient (Wildman–Crippen LogP) is 6.93. The summed E-state index contributed by atoms with van der Waals surface area (Å²) >= 11 is 0. The van der Waals surface area contributed by atoms with E-state index in [0.29, 0.717) is 12.0 Å². The average Bonchev–Trinajstić information content (AvgIpc) is 3.39. The second-order valence-electron chi connectivity index (χ2n) is 9.96. The number of hydrogen-bond donors (Lipinski definition) is 2. The second-order valence-corrected chi connectivity index (χ2v) is 9.96. The Morgan fingerprint density at radius 2 is 1.70 bits per heavy atom. The Balaban J connectivity index is 1.39. The van der Waals surface area contributed by atoms with E-state index in [4.69, 9.17) is 0 Å². The van der Waals surface area contributed by atoms with Crippen molar-refractivity contribution in [1.29, 1.82) is 0 Å². The molecule has 196 valence electrons. The number of carbonyl (C=O) groups excluding carboxylic acids is 1. The van der Waals surface area contributed by atoms with E-state index in [1.807, 2.05) is 66.2 Å². The van der Waals surface area contributed by atoms with Crippen LogP contribution in [0, 0.1) is 0 Å². The minimum atomic E-state index is -0.980. The lowest BCUT2D eigenvalue weighted by atomic mass is 9.99. The molecule has 1 amide bonds. The van der Waals surface area contributed by atoms with E-state index in [-0.39, 0.29) is 17.5 Å². The van der Waals surface area contributed by atoms with Crippen LogP contribution in [0.4, 0.5) is 0 Å². The van der Waals surface area contributed by atoms with Gasteiger partial charge in [-0.2, -0.15) is 0 Å². The Bertz CT molecular complexity index is 1860. The van der Waals surface area contributed by atoms with E-state index in [1.54, 1.807) is 30.5 Å². The summed E-state index contributed by atoms with van der Waals surface area (Å²) in [6, 6.07) is 28.7. The quantitative estimate of drug-likeness (QED) is 0.237. The Labute approximate surface area is 231 Å². The lowest BCUT2D eigenvalue weighted by Gasteiger charge is -2.17. The fraction of sp³-hybridized carbons (Fsp3) is 0.0882. The molecule has 0 aliphatic heterocycles. The number of rotatable bonds is 7. The third-order valence-corrected chi connectivity index (χ3v) is 7.29. The van der Waals surface area contributed by atoms with Crippen molar-refractivity contribution in [2.45, 2.75) is 19.4 Å². The molecule has 0 spiro atoms. The summed E-state index contributed by atoms with van der Waals surface area (Å²) in [5.74, 6) is -1.17. The monoisotopic (exact) mass is 525 g/mol. The van der Waals surface area contributed by atoms with Gasteiger partial charge in [-0.25, -0.2) is 4.79 Å². The van der Waals surface area contributed by atoms with Gasteiger partial charge in [-0.05, 0) is 82.9 Å². The van der Waals surface area contributed by atoms with Gasteiger partial charge in [0.05, 0.1) is 22.7 Å². The first-order valence-corrected chi connectivity index (χ1v) is 13.1. The number of nitrogens with one attached hydrogen (secondary N) is 1. The number of pyridine rings is 2. The van der Waals surface area contributed by atoms with Gasteiger partial charge in [0.15, 0.2) is 0 Å². The number of aromatic nitrogens is 2. The summed E-state index contributed by atoms with van der Waals surface area (Å²) in [7, 11) is 0. The molecule has 0 aliphatic rings. The molecular formula is C34H27N3O3. The summed E-state index contributed by atoms with van der Waals surface area (Å²) in [4.78, 5) is 29.4. The normalized spacial score (nSPS) is 11.9. The smallest absolute Gasteiger partial charge is 0.335 e. The van der Waals surface area contributed by atoms with Crippen LogP contribution < -0.4 is 5.32 Å². The molecule has 40 heavy (non-hydrogen) atoms. The zero-order chi connectivity index (χ0) is 27.6. The van der Waals surface area contributed by atoms with Gasteiger partial charge < -0.3 is 14.8 Å². The van der Waals surface area contributed by atoms with Gasteiger partial charge in [0.2, 0.25) is 0 Å². The van der Waals surface area contributed by atoms with Crippen LogP contribution in [-0.4, -0.2) is 26.4 Å². The molecule has 0 radical (unpaired) electrons. The average molecular weight is 526 g/mol. The molecule has 3 aromatic carbocycles. The molecule has 0 bridgehead atoms. The van der Waals surface area contributed by atoms with Crippen molar-refractivity contribution in [3.8, 4) is 11.1 Å². The van der Waals surface area contributed by atoms with Crippen LogP contribution in [0.3, 0.4) is 0 Å². The third kappa shape index (κ3) is 4.95. The fourth-order valence-corrected chi connectivity index (χ4v) is 5.16. The highest BCUT2D eigenvalue weighted by molar-refractivity contribution is 6.03. The molecule has 2 N–H and O–H groups in total. The number of carboxylic acids is 1. The Hall–Kier alpha value is -5.23. The van der Waals surface area contributed by atoms with Gasteiger partial charge >= 0.3 is 5.97 Å². The van der Waals surface area contributed by atoms with Gasteiger partial charge in [0, 0.05) is 30.2 Å². The highest BCUT2D eigenvalue weighted by Crippen LogP contribution is 2.29. The molecule has 6 heteroatoms. The van der Waals surface area contributed by atoms with Crippen molar-refractivity contribution < 1.29 is 14.7 Å². The molecule has 0 aliphatic carbocycles. The number of carbonyl (C=O) groups is 2. The summed E-state index contributed by atoms with van der Waals surface area (Å²) in [6.45, 7) is 1.90. The van der Waals surface area contributed by atoms with E-state index in [1.165, 1.54) is 0 Å². The molecule has 1 atom stereocenters. The van der Waals surface area contributed by atoms with Crippen molar-refractivity contribution in [3.05, 3.63) is 144 Å². The van der Waals surface area contributed by atoms with Crippen molar-refractivity contribution >= 4 is 28.2 Å². The molecule has 6 rings (SSSR count). The number of fused-ring (bicyclic) bond motifs is 2. The van der Waals surface area contributed by atoms with Crippen LogP contribution in [0.15, 0.2) is 116 Å². The van der Waals surface area contributed by atoms with Crippen LogP contribution in [-0.2, 0) is 6.42 Å². The van der Waals surface area contributed by atoms with Crippen LogP contribution in [0.1, 0.15) is 50.4 Å². The van der Waals surface area contributed by atoms with Crippen LogP contribution >= 0.6 is 0 Å². The first kappa shape index (κ1) is 25.1. The molecule has 3 heterocycles. The number of benzene rings is 3. The van der Waals surface area contributed by atoms with Crippen LogP contribution in [0.25, 0.3) is 27.4 Å². The van der Waals surface area contributed by atoms with Crippen LogP contribution in [0.5, 0.6) is 0 Å². The fourth-order valence-electron chi connectivity index (χ4n) is 5.16. The van der Waals surface area contributed by atoms with Gasteiger partial charge in [0.25, 0.3) is 5.91 Å². The predicted molar refractivity (Wildman–Crippen MR) is 157 cm³/mol. The first-order chi connectivity index (χ1) is 19.5. The Kier molecular flexibility index (Phi) is 6.58.